The van der Waals surface area contributed by atoms with Crippen molar-refractivity contribution in [2.24, 2.45) is 0 Å². The maximum absolute atomic E-state index is 11.5. The van der Waals surface area contributed by atoms with Gasteiger partial charge in [-0.3, -0.25) is 0 Å². The lowest BCUT2D eigenvalue weighted by molar-refractivity contribution is -0.244. The second-order valence-electron chi connectivity index (χ2n) is 5.50. The second kappa shape index (κ2) is 4.97. The Kier molecular flexibility index (Phi) is 4.70. The van der Waals surface area contributed by atoms with Gasteiger partial charge in [-0.2, -0.15) is 0 Å². The molecule has 0 aliphatic carbocycles. The summed E-state index contributed by atoms with van der Waals surface area (Å²) in [5.41, 5.74) is -0.0949. The van der Waals surface area contributed by atoms with Gasteiger partial charge >= 0.3 is 5.97 Å². The van der Waals surface area contributed by atoms with Crippen LogP contribution in [-0.4, -0.2) is 27.2 Å². The number of hydroxylamine groups is 2. The fraction of sp³-hybridized carbons (Fsp3) is 0.750. The monoisotopic (exact) mass is 228 g/mol. The SMILES string of the molecule is C=C(C)C(=O)O.CC1(C)CCC(C)(C)N1[O]. The molecular formula is C12H22NO3. The van der Waals surface area contributed by atoms with Crippen LogP contribution in [0.15, 0.2) is 12.2 Å². The largest absolute Gasteiger partial charge is 0.478 e. The highest BCUT2D eigenvalue weighted by atomic mass is 16.5. The molecule has 0 aromatic rings. The summed E-state index contributed by atoms with van der Waals surface area (Å²) in [4.78, 5) is 9.60. The first-order chi connectivity index (χ1) is 7.00. The first-order valence-corrected chi connectivity index (χ1v) is 5.37. The van der Waals surface area contributed by atoms with E-state index in [1.54, 1.807) is 0 Å². The van der Waals surface area contributed by atoms with Crippen molar-refractivity contribution in [3.05, 3.63) is 12.2 Å². The van der Waals surface area contributed by atoms with Crippen molar-refractivity contribution in [2.45, 2.75) is 58.5 Å². The number of hydrogen-bond acceptors (Lipinski definition) is 2. The molecule has 0 spiro atoms. The van der Waals surface area contributed by atoms with Crippen molar-refractivity contribution < 1.29 is 15.1 Å². The Hall–Kier alpha value is -0.870. The fourth-order valence-corrected chi connectivity index (χ4v) is 1.63. The molecule has 0 amide bonds. The molecular weight excluding hydrogens is 206 g/mol. The predicted octanol–water partition coefficient (Wildman–Crippen LogP) is 2.63. The molecule has 1 heterocycles. The van der Waals surface area contributed by atoms with E-state index in [2.05, 4.69) is 6.58 Å². The molecule has 1 aliphatic heterocycles. The quantitative estimate of drug-likeness (QED) is 0.702. The van der Waals surface area contributed by atoms with Crippen LogP contribution in [0.2, 0.25) is 0 Å². The van der Waals surface area contributed by atoms with Gasteiger partial charge in [0, 0.05) is 16.7 Å². The Morgan fingerprint density at radius 1 is 1.19 bits per heavy atom. The lowest BCUT2D eigenvalue weighted by atomic mass is 10.0. The molecule has 0 aromatic heterocycles. The van der Waals surface area contributed by atoms with E-state index in [-0.39, 0.29) is 16.7 Å². The van der Waals surface area contributed by atoms with Crippen LogP contribution in [0.5, 0.6) is 0 Å². The smallest absolute Gasteiger partial charge is 0.330 e. The van der Waals surface area contributed by atoms with E-state index in [0.717, 1.165) is 12.8 Å². The number of nitrogens with zero attached hydrogens (tertiary/aromatic N) is 1. The standard InChI is InChI=1S/C8H16NO.C4H6O2/c1-7(2)5-6-8(3,4)9(7)10;1-3(2)4(5)6/h5-6H2,1-4H3;1H2,2H3,(H,5,6). The summed E-state index contributed by atoms with van der Waals surface area (Å²) in [7, 11) is 0. The Balaban J connectivity index is 0.000000325. The van der Waals surface area contributed by atoms with Gasteiger partial charge in [-0.25, -0.2) is 4.79 Å². The third-order valence-corrected chi connectivity index (χ3v) is 2.81. The van der Waals surface area contributed by atoms with Crippen LogP contribution in [-0.2, 0) is 10.0 Å². The third-order valence-electron chi connectivity index (χ3n) is 2.81. The van der Waals surface area contributed by atoms with Crippen LogP contribution in [0.1, 0.15) is 47.5 Å². The number of rotatable bonds is 1. The van der Waals surface area contributed by atoms with E-state index in [1.165, 1.54) is 12.0 Å². The maximum Gasteiger partial charge on any atom is 0.330 e. The number of aliphatic carboxylic acids is 1. The summed E-state index contributed by atoms with van der Waals surface area (Å²) >= 11 is 0. The van der Waals surface area contributed by atoms with Crippen molar-refractivity contribution in [3.8, 4) is 0 Å². The highest BCUT2D eigenvalue weighted by Crippen LogP contribution is 2.38. The van der Waals surface area contributed by atoms with E-state index >= 15 is 0 Å². The number of hydrogen-bond donors (Lipinski definition) is 1. The van der Waals surface area contributed by atoms with Gasteiger partial charge in [0.1, 0.15) is 0 Å². The van der Waals surface area contributed by atoms with Crippen molar-refractivity contribution in [3.63, 3.8) is 0 Å². The number of carboxylic acids is 1. The Morgan fingerprint density at radius 2 is 1.44 bits per heavy atom. The zero-order chi connectivity index (χ0) is 13.1. The zero-order valence-electron chi connectivity index (χ0n) is 10.8. The zero-order valence-corrected chi connectivity index (χ0v) is 10.8. The van der Waals surface area contributed by atoms with Crippen molar-refractivity contribution in [1.29, 1.82) is 0 Å². The molecule has 16 heavy (non-hydrogen) atoms. The lowest BCUT2D eigenvalue weighted by Crippen LogP contribution is -2.44. The molecule has 0 unspecified atom stereocenters. The van der Waals surface area contributed by atoms with Crippen LogP contribution in [0.25, 0.3) is 0 Å². The topological polar surface area (TPSA) is 60.4 Å². The molecule has 1 saturated heterocycles. The van der Waals surface area contributed by atoms with E-state index in [9.17, 15) is 10.0 Å². The molecule has 0 saturated carbocycles. The van der Waals surface area contributed by atoms with Crippen LogP contribution in [0, 0.1) is 0 Å². The van der Waals surface area contributed by atoms with Crippen LogP contribution < -0.4 is 0 Å². The van der Waals surface area contributed by atoms with Gasteiger partial charge in [0.2, 0.25) is 0 Å². The summed E-state index contributed by atoms with van der Waals surface area (Å²) in [5.74, 6) is -0.935. The predicted molar refractivity (Wildman–Crippen MR) is 62.4 cm³/mol. The summed E-state index contributed by atoms with van der Waals surface area (Å²) in [6, 6.07) is 0. The third kappa shape index (κ3) is 3.94. The summed E-state index contributed by atoms with van der Waals surface area (Å²) in [5, 5.41) is 20.6. The molecule has 1 N–H and O–H groups in total. The van der Waals surface area contributed by atoms with Gasteiger partial charge in [0.15, 0.2) is 0 Å². The van der Waals surface area contributed by atoms with Gasteiger partial charge in [-0.1, -0.05) is 6.58 Å². The minimum absolute atomic E-state index is 0.135. The fourth-order valence-electron chi connectivity index (χ4n) is 1.63. The average Bonchev–Trinajstić information content (AvgIpc) is 2.31. The second-order valence-corrected chi connectivity index (χ2v) is 5.50. The normalized spacial score (nSPS) is 22.1. The van der Waals surface area contributed by atoms with Gasteiger partial charge < -0.3 is 5.11 Å². The summed E-state index contributed by atoms with van der Waals surface area (Å²) in [6.07, 6.45) is 2.03. The summed E-state index contributed by atoms with van der Waals surface area (Å²) < 4.78 is 0. The maximum atomic E-state index is 11.5. The minimum Gasteiger partial charge on any atom is -0.478 e. The van der Waals surface area contributed by atoms with Gasteiger partial charge in [-0.15, -0.1) is 10.3 Å². The van der Waals surface area contributed by atoms with Crippen molar-refractivity contribution >= 4 is 5.97 Å². The van der Waals surface area contributed by atoms with Gasteiger partial charge in [-0.05, 0) is 47.5 Å². The lowest BCUT2D eigenvalue weighted by Gasteiger charge is -2.31. The molecule has 0 aromatic carbocycles. The molecule has 0 atom stereocenters. The van der Waals surface area contributed by atoms with Gasteiger partial charge in [0.05, 0.1) is 0 Å². The molecule has 0 bridgehead atoms. The molecule has 1 rings (SSSR count). The Labute approximate surface area is 97.5 Å². The summed E-state index contributed by atoms with van der Waals surface area (Å²) in [6.45, 7) is 12.6. The first-order valence-electron chi connectivity index (χ1n) is 5.37. The molecule has 4 heteroatoms. The Morgan fingerprint density at radius 3 is 1.50 bits per heavy atom. The van der Waals surface area contributed by atoms with Crippen LogP contribution >= 0.6 is 0 Å². The molecule has 1 aliphatic rings. The molecule has 1 radical (unpaired) electrons. The van der Waals surface area contributed by atoms with Gasteiger partial charge in [0.25, 0.3) is 0 Å². The Bertz CT molecular complexity index is 254. The molecule has 1 fully saturated rings. The average molecular weight is 228 g/mol. The minimum atomic E-state index is -0.935. The van der Waals surface area contributed by atoms with Crippen molar-refractivity contribution in [2.75, 3.05) is 0 Å². The van der Waals surface area contributed by atoms with Crippen molar-refractivity contribution in [1.82, 2.24) is 5.06 Å². The van der Waals surface area contributed by atoms with E-state index in [4.69, 9.17) is 5.11 Å². The first kappa shape index (κ1) is 15.1. The van der Waals surface area contributed by atoms with E-state index < -0.39 is 5.97 Å². The molecule has 93 valence electrons. The highest BCUT2D eigenvalue weighted by molar-refractivity contribution is 5.84. The highest BCUT2D eigenvalue weighted by Gasteiger charge is 2.45. The van der Waals surface area contributed by atoms with Crippen LogP contribution in [0.4, 0.5) is 0 Å². The molecule has 4 nitrogen and oxygen atoms in total. The van der Waals surface area contributed by atoms with E-state index in [0.29, 0.717) is 0 Å². The number of carboxylic acid groups (broad SMARTS) is 1. The number of carbonyl (C=O) groups is 1. The van der Waals surface area contributed by atoms with E-state index in [1.807, 2.05) is 27.7 Å². The van der Waals surface area contributed by atoms with Crippen LogP contribution in [0.3, 0.4) is 0 Å².